The third-order valence-corrected chi connectivity index (χ3v) is 5.17. The molecule has 1 aliphatic rings. The highest BCUT2D eigenvalue weighted by molar-refractivity contribution is 7.16. The molecule has 0 radical (unpaired) electrons. The van der Waals surface area contributed by atoms with Gasteiger partial charge >= 0.3 is 0 Å². The van der Waals surface area contributed by atoms with E-state index in [1.54, 1.807) is 5.51 Å². The Morgan fingerprint density at radius 1 is 1.50 bits per heavy atom. The lowest BCUT2D eigenvalue weighted by atomic mass is 10.1. The van der Waals surface area contributed by atoms with Crippen LogP contribution in [0.5, 0.6) is 0 Å². The third kappa shape index (κ3) is 2.61. The van der Waals surface area contributed by atoms with Gasteiger partial charge < -0.3 is 4.74 Å². The number of rotatable bonds is 3. The number of hydrogen-bond acceptors (Lipinski definition) is 6. The number of hydrogen-bond donors (Lipinski definition) is 1. The number of nitrogens with zero attached hydrogens (tertiary/aromatic N) is 2. The fraction of sp³-hybridized carbons (Fsp3) is 0.462. The molecule has 1 aliphatic heterocycles. The molecule has 0 aromatic carbocycles. The number of amides is 1. The SMILES string of the molecule is CC(C)c1scnc1C(=O)Nc1nc2c(s1)COCC2. The van der Waals surface area contributed by atoms with E-state index in [4.69, 9.17) is 4.74 Å². The van der Waals surface area contributed by atoms with E-state index in [1.165, 1.54) is 22.7 Å². The quantitative estimate of drug-likeness (QED) is 0.946. The molecular weight excluding hydrogens is 294 g/mol. The summed E-state index contributed by atoms with van der Waals surface area (Å²) < 4.78 is 5.38. The van der Waals surface area contributed by atoms with Crippen molar-refractivity contribution in [3.63, 3.8) is 0 Å². The molecule has 0 aliphatic carbocycles. The minimum atomic E-state index is -0.179. The van der Waals surface area contributed by atoms with Crippen LogP contribution in [0.3, 0.4) is 0 Å². The fourth-order valence-corrected chi connectivity index (χ4v) is 3.81. The van der Waals surface area contributed by atoms with Crippen molar-refractivity contribution in [3.05, 3.63) is 26.7 Å². The highest BCUT2D eigenvalue weighted by Gasteiger charge is 2.20. The third-order valence-electron chi connectivity index (χ3n) is 3.05. The van der Waals surface area contributed by atoms with E-state index >= 15 is 0 Å². The Morgan fingerprint density at radius 3 is 3.10 bits per heavy atom. The van der Waals surface area contributed by atoms with E-state index in [0.717, 1.165) is 21.9 Å². The summed E-state index contributed by atoms with van der Waals surface area (Å²) in [5.74, 6) is 0.114. The zero-order chi connectivity index (χ0) is 14.1. The molecule has 0 saturated carbocycles. The maximum atomic E-state index is 12.3. The summed E-state index contributed by atoms with van der Waals surface area (Å²) in [4.78, 5) is 23.0. The van der Waals surface area contributed by atoms with Crippen LogP contribution in [-0.4, -0.2) is 22.5 Å². The topological polar surface area (TPSA) is 64.1 Å². The molecule has 106 valence electrons. The van der Waals surface area contributed by atoms with Crippen LogP contribution in [0.4, 0.5) is 5.13 Å². The molecule has 0 spiro atoms. The van der Waals surface area contributed by atoms with Gasteiger partial charge in [0.25, 0.3) is 5.91 Å². The Hall–Kier alpha value is -1.31. The van der Waals surface area contributed by atoms with Crippen molar-refractivity contribution in [1.29, 1.82) is 0 Å². The molecule has 0 fully saturated rings. The number of aromatic nitrogens is 2. The number of carbonyl (C=O) groups excluding carboxylic acids is 1. The smallest absolute Gasteiger partial charge is 0.277 e. The highest BCUT2D eigenvalue weighted by Crippen LogP contribution is 2.28. The van der Waals surface area contributed by atoms with Crippen LogP contribution >= 0.6 is 22.7 Å². The van der Waals surface area contributed by atoms with Crippen molar-refractivity contribution in [1.82, 2.24) is 9.97 Å². The van der Waals surface area contributed by atoms with E-state index in [1.807, 2.05) is 0 Å². The first-order chi connectivity index (χ1) is 9.65. The van der Waals surface area contributed by atoms with Gasteiger partial charge in [-0.05, 0) is 5.92 Å². The summed E-state index contributed by atoms with van der Waals surface area (Å²) >= 11 is 3.00. The Kier molecular flexibility index (Phi) is 3.82. The van der Waals surface area contributed by atoms with Crippen LogP contribution in [-0.2, 0) is 17.8 Å². The molecule has 0 saturated heterocycles. The number of carbonyl (C=O) groups is 1. The van der Waals surface area contributed by atoms with Crippen molar-refractivity contribution in [3.8, 4) is 0 Å². The number of nitrogens with one attached hydrogen (secondary N) is 1. The Morgan fingerprint density at radius 2 is 2.35 bits per heavy atom. The summed E-state index contributed by atoms with van der Waals surface area (Å²) in [6.07, 6.45) is 0.815. The molecule has 2 aromatic rings. The lowest BCUT2D eigenvalue weighted by Gasteiger charge is -2.08. The fourth-order valence-electron chi connectivity index (χ4n) is 2.07. The number of thiazole rings is 2. The van der Waals surface area contributed by atoms with Gasteiger partial charge in [0.05, 0.1) is 29.3 Å². The lowest BCUT2D eigenvalue weighted by molar-refractivity contribution is 0.102. The summed E-state index contributed by atoms with van der Waals surface area (Å²) in [7, 11) is 0. The second-order valence-corrected chi connectivity index (χ2v) is 6.84. The molecule has 20 heavy (non-hydrogen) atoms. The van der Waals surface area contributed by atoms with E-state index in [0.29, 0.717) is 30.0 Å². The molecule has 3 heterocycles. The summed E-state index contributed by atoms with van der Waals surface area (Å²) in [6.45, 7) is 5.41. The molecule has 2 aromatic heterocycles. The van der Waals surface area contributed by atoms with Gasteiger partial charge in [-0.1, -0.05) is 25.2 Å². The van der Waals surface area contributed by atoms with Crippen molar-refractivity contribution in [2.45, 2.75) is 32.8 Å². The van der Waals surface area contributed by atoms with Gasteiger partial charge in [0.1, 0.15) is 5.69 Å². The second kappa shape index (κ2) is 5.59. The average molecular weight is 309 g/mol. The van der Waals surface area contributed by atoms with Gasteiger partial charge in [-0.2, -0.15) is 0 Å². The van der Waals surface area contributed by atoms with Gasteiger partial charge in [-0.3, -0.25) is 10.1 Å². The predicted molar refractivity (Wildman–Crippen MR) is 79.6 cm³/mol. The predicted octanol–water partition coefficient (Wildman–Crippen LogP) is 3.05. The van der Waals surface area contributed by atoms with Crippen LogP contribution in [0.1, 0.15) is 45.7 Å². The standard InChI is InChI=1S/C13H15N3O2S2/c1-7(2)11-10(14-6-19-11)12(17)16-13-15-8-3-4-18-5-9(8)20-13/h6-7H,3-5H2,1-2H3,(H,15,16,17). The van der Waals surface area contributed by atoms with Crippen molar-refractivity contribution >= 4 is 33.7 Å². The normalized spacial score (nSPS) is 14.3. The Balaban J connectivity index is 1.78. The number of fused-ring (bicyclic) bond motifs is 1. The van der Waals surface area contributed by atoms with Crippen molar-refractivity contribution in [2.75, 3.05) is 11.9 Å². The second-order valence-electron chi connectivity index (χ2n) is 4.87. The van der Waals surface area contributed by atoms with E-state index in [2.05, 4.69) is 29.1 Å². The average Bonchev–Trinajstić information content (AvgIpc) is 3.04. The minimum absolute atomic E-state index is 0.179. The zero-order valence-corrected chi connectivity index (χ0v) is 12.9. The maximum absolute atomic E-state index is 12.3. The summed E-state index contributed by atoms with van der Waals surface area (Å²) in [5.41, 5.74) is 3.26. The van der Waals surface area contributed by atoms with E-state index in [-0.39, 0.29) is 5.91 Å². The Labute approximate surface area is 125 Å². The van der Waals surface area contributed by atoms with Gasteiger partial charge in [-0.15, -0.1) is 11.3 Å². The van der Waals surface area contributed by atoms with Crippen molar-refractivity contribution in [2.24, 2.45) is 0 Å². The van der Waals surface area contributed by atoms with E-state index in [9.17, 15) is 4.79 Å². The molecule has 1 amide bonds. The highest BCUT2D eigenvalue weighted by atomic mass is 32.1. The lowest BCUT2D eigenvalue weighted by Crippen LogP contribution is -2.14. The van der Waals surface area contributed by atoms with Crippen LogP contribution in [0.15, 0.2) is 5.51 Å². The maximum Gasteiger partial charge on any atom is 0.277 e. The van der Waals surface area contributed by atoms with Crippen LogP contribution in [0, 0.1) is 0 Å². The summed E-state index contributed by atoms with van der Waals surface area (Å²) in [5, 5.41) is 3.49. The molecule has 1 N–H and O–H groups in total. The molecule has 3 rings (SSSR count). The summed E-state index contributed by atoms with van der Waals surface area (Å²) in [6, 6.07) is 0. The van der Waals surface area contributed by atoms with Crippen LogP contribution in [0.2, 0.25) is 0 Å². The van der Waals surface area contributed by atoms with Crippen LogP contribution < -0.4 is 5.32 Å². The molecule has 0 bridgehead atoms. The monoisotopic (exact) mass is 309 g/mol. The van der Waals surface area contributed by atoms with Gasteiger partial charge in [-0.25, -0.2) is 9.97 Å². The number of anilines is 1. The van der Waals surface area contributed by atoms with Gasteiger partial charge in [0.2, 0.25) is 0 Å². The van der Waals surface area contributed by atoms with E-state index < -0.39 is 0 Å². The van der Waals surface area contributed by atoms with Gasteiger partial charge in [0, 0.05) is 11.3 Å². The van der Waals surface area contributed by atoms with Crippen LogP contribution in [0.25, 0.3) is 0 Å². The molecular formula is C13H15N3O2S2. The molecule has 5 nitrogen and oxygen atoms in total. The van der Waals surface area contributed by atoms with Gasteiger partial charge in [0.15, 0.2) is 5.13 Å². The first kappa shape index (κ1) is 13.7. The molecule has 7 heteroatoms. The van der Waals surface area contributed by atoms with Crippen molar-refractivity contribution < 1.29 is 9.53 Å². The largest absolute Gasteiger partial charge is 0.375 e. The zero-order valence-electron chi connectivity index (χ0n) is 11.3. The minimum Gasteiger partial charge on any atom is -0.375 e. The molecule has 0 atom stereocenters. The number of ether oxygens (including phenoxy) is 1. The molecule has 0 unspecified atom stereocenters. The first-order valence-electron chi connectivity index (χ1n) is 6.46. The first-order valence-corrected chi connectivity index (χ1v) is 8.16. The Bertz CT molecular complexity index is 610.